The molecule has 0 fully saturated rings. The second-order valence-corrected chi connectivity index (χ2v) is 3.86. The van der Waals surface area contributed by atoms with E-state index in [0.29, 0.717) is 12.4 Å². The van der Waals surface area contributed by atoms with E-state index in [2.05, 4.69) is 45.9 Å². The van der Waals surface area contributed by atoms with Crippen LogP contribution in [0.25, 0.3) is 0 Å². The molecule has 0 bridgehead atoms. The number of rotatable bonds is 4. The first-order valence-corrected chi connectivity index (χ1v) is 5.60. The number of nitrogens with zero attached hydrogens (tertiary/aromatic N) is 4. The van der Waals surface area contributed by atoms with Gasteiger partial charge in [0.25, 0.3) is 0 Å². The van der Waals surface area contributed by atoms with Crippen molar-refractivity contribution in [2.75, 3.05) is 5.32 Å². The largest absolute Gasteiger partial charge is 0.362 e. The average Bonchev–Trinajstić information content (AvgIpc) is 2.78. The second-order valence-electron chi connectivity index (χ2n) is 3.05. The van der Waals surface area contributed by atoms with Gasteiger partial charge in [0.15, 0.2) is 5.82 Å². The normalized spacial score (nSPS) is 10.4. The van der Waals surface area contributed by atoms with Gasteiger partial charge in [-0.3, -0.25) is 0 Å². The molecule has 0 amide bonds. The van der Waals surface area contributed by atoms with E-state index in [1.165, 1.54) is 6.39 Å². The Labute approximate surface area is 101 Å². The first-order valence-electron chi connectivity index (χ1n) is 4.80. The van der Waals surface area contributed by atoms with Gasteiger partial charge >= 0.3 is 0 Å². The SMILES string of the molecule is CCc1nc(Br)cc(NCc2ncon2)n1. The highest BCUT2D eigenvalue weighted by molar-refractivity contribution is 9.10. The van der Waals surface area contributed by atoms with Crippen LogP contribution in [0.4, 0.5) is 5.82 Å². The van der Waals surface area contributed by atoms with E-state index in [9.17, 15) is 0 Å². The molecule has 0 aliphatic heterocycles. The van der Waals surface area contributed by atoms with Crippen molar-refractivity contribution >= 4 is 21.7 Å². The molecule has 16 heavy (non-hydrogen) atoms. The van der Waals surface area contributed by atoms with Crippen molar-refractivity contribution in [1.82, 2.24) is 20.1 Å². The fourth-order valence-corrected chi connectivity index (χ4v) is 1.57. The lowest BCUT2D eigenvalue weighted by molar-refractivity contribution is 0.411. The maximum absolute atomic E-state index is 4.63. The summed E-state index contributed by atoms with van der Waals surface area (Å²) in [7, 11) is 0. The zero-order chi connectivity index (χ0) is 11.4. The maximum Gasteiger partial charge on any atom is 0.213 e. The number of hydrogen-bond donors (Lipinski definition) is 1. The van der Waals surface area contributed by atoms with Gasteiger partial charge in [0.1, 0.15) is 16.2 Å². The quantitative estimate of drug-likeness (QED) is 0.863. The molecule has 1 N–H and O–H groups in total. The third kappa shape index (κ3) is 2.75. The summed E-state index contributed by atoms with van der Waals surface area (Å²) in [6.07, 6.45) is 2.08. The van der Waals surface area contributed by atoms with Crippen molar-refractivity contribution in [1.29, 1.82) is 0 Å². The number of anilines is 1. The molecular weight excluding hydrogens is 274 g/mol. The minimum absolute atomic E-state index is 0.475. The summed E-state index contributed by atoms with van der Waals surface area (Å²) in [5.41, 5.74) is 0. The van der Waals surface area contributed by atoms with Crippen LogP contribution in [0.1, 0.15) is 18.6 Å². The van der Waals surface area contributed by atoms with Gasteiger partial charge in [0.05, 0.1) is 6.54 Å². The Hall–Kier alpha value is -1.50. The molecule has 2 aromatic heterocycles. The van der Waals surface area contributed by atoms with Crippen LogP contribution in [-0.2, 0) is 13.0 Å². The monoisotopic (exact) mass is 283 g/mol. The molecule has 0 radical (unpaired) electrons. The summed E-state index contributed by atoms with van der Waals surface area (Å²) in [4.78, 5) is 12.4. The van der Waals surface area contributed by atoms with Crippen LogP contribution in [0.5, 0.6) is 0 Å². The van der Waals surface area contributed by atoms with Crippen molar-refractivity contribution in [3.63, 3.8) is 0 Å². The van der Waals surface area contributed by atoms with Crippen molar-refractivity contribution in [3.8, 4) is 0 Å². The lowest BCUT2D eigenvalue weighted by Crippen LogP contribution is -2.05. The minimum atomic E-state index is 0.475. The van der Waals surface area contributed by atoms with E-state index in [0.717, 1.165) is 22.7 Å². The number of halogens is 1. The zero-order valence-corrected chi connectivity index (χ0v) is 10.2. The van der Waals surface area contributed by atoms with Gasteiger partial charge in [-0.05, 0) is 15.9 Å². The van der Waals surface area contributed by atoms with Crippen LogP contribution in [-0.4, -0.2) is 20.1 Å². The molecule has 0 spiro atoms. The van der Waals surface area contributed by atoms with Crippen molar-refractivity contribution in [2.24, 2.45) is 0 Å². The van der Waals surface area contributed by atoms with Crippen LogP contribution in [0.3, 0.4) is 0 Å². The number of aryl methyl sites for hydroxylation is 1. The predicted octanol–water partition coefficient (Wildman–Crippen LogP) is 1.80. The highest BCUT2D eigenvalue weighted by Gasteiger charge is 2.03. The Morgan fingerprint density at radius 1 is 1.38 bits per heavy atom. The minimum Gasteiger partial charge on any atom is -0.362 e. The molecule has 6 nitrogen and oxygen atoms in total. The third-order valence-electron chi connectivity index (χ3n) is 1.89. The fourth-order valence-electron chi connectivity index (χ4n) is 1.15. The topological polar surface area (TPSA) is 76.7 Å². The van der Waals surface area contributed by atoms with Crippen molar-refractivity contribution in [3.05, 3.63) is 28.7 Å². The molecule has 0 aromatic carbocycles. The molecule has 0 aliphatic carbocycles. The lowest BCUT2D eigenvalue weighted by Gasteiger charge is -2.04. The van der Waals surface area contributed by atoms with E-state index in [-0.39, 0.29) is 0 Å². The van der Waals surface area contributed by atoms with Crippen LogP contribution in [0, 0.1) is 0 Å². The summed E-state index contributed by atoms with van der Waals surface area (Å²) < 4.78 is 5.39. The van der Waals surface area contributed by atoms with E-state index in [1.54, 1.807) is 6.07 Å². The highest BCUT2D eigenvalue weighted by atomic mass is 79.9. The molecule has 84 valence electrons. The zero-order valence-electron chi connectivity index (χ0n) is 8.64. The summed E-state index contributed by atoms with van der Waals surface area (Å²) in [6.45, 7) is 2.48. The Morgan fingerprint density at radius 2 is 2.25 bits per heavy atom. The molecule has 2 rings (SSSR count). The standard InChI is InChI=1S/C9H10BrN5O/c1-2-7-13-6(10)3-8(14-7)11-4-9-12-5-16-15-9/h3,5H,2,4H2,1H3,(H,11,13,14). The number of hydrogen-bond acceptors (Lipinski definition) is 6. The van der Waals surface area contributed by atoms with Crippen molar-refractivity contribution in [2.45, 2.75) is 19.9 Å². The maximum atomic E-state index is 4.63. The molecule has 2 aromatic rings. The van der Waals surface area contributed by atoms with E-state index in [4.69, 9.17) is 0 Å². The first kappa shape index (κ1) is 11.0. The Bertz CT molecular complexity index is 459. The van der Waals surface area contributed by atoms with Gasteiger partial charge < -0.3 is 9.84 Å². The van der Waals surface area contributed by atoms with E-state index >= 15 is 0 Å². The predicted molar refractivity (Wildman–Crippen MR) is 60.7 cm³/mol. The summed E-state index contributed by atoms with van der Waals surface area (Å²) >= 11 is 3.33. The Kier molecular flexibility index (Phi) is 3.45. The van der Waals surface area contributed by atoms with E-state index in [1.807, 2.05) is 6.92 Å². The van der Waals surface area contributed by atoms with Gasteiger partial charge in [0.2, 0.25) is 6.39 Å². The van der Waals surface area contributed by atoms with Gasteiger partial charge in [-0.15, -0.1) is 0 Å². The average molecular weight is 284 g/mol. The summed E-state index contributed by atoms with van der Waals surface area (Å²) in [5.74, 6) is 2.11. The molecule has 0 saturated heterocycles. The van der Waals surface area contributed by atoms with E-state index < -0.39 is 0 Å². The molecule has 2 heterocycles. The van der Waals surface area contributed by atoms with Crippen molar-refractivity contribution < 1.29 is 4.52 Å². The third-order valence-corrected chi connectivity index (χ3v) is 2.30. The first-order chi connectivity index (χ1) is 7.78. The Balaban J connectivity index is 2.06. The summed E-state index contributed by atoms with van der Waals surface area (Å²) in [5, 5.41) is 6.79. The van der Waals surface area contributed by atoms with Crippen LogP contribution in [0.2, 0.25) is 0 Å². The summed E-state index contributed by atoms with van der Waals surface area (Å²) in [6, 6.07) is 1.80. The van der Waals surface area contributed by atoms with Crippen LogP contribution in [0.15, 0.2) is 21.6 Å². The number of nitrogens with one attached hydrogen (secondary N) is 1. The Morgan fingerprint density at radius 3 is 2.94 bits per heavy atom. The number of aromatic nitrogens is 4. The molecule has 7 heteroatoms. The van der Waals surface area contributed by atoms with Crippen LogP contribution >= 0.6 is 15.9 Å². The smallest absolute Gasteiger partial charge is 0.213 e. The van der Waals surface area contributed by atoms with Gasteiger partial charge in [-0.2, -0.15) is 4.98 Å². The molecule has 0 unspecified atom stereocenters. The van der Waals surface area contributed by atoms with Gasteiger partial charge in [0, 0.05) is 12.5 Å². The van der Waals surface area contributed by atoms with Gasteiger partial charge in [-0.25, -0.2) is 9.97 Å². The van der Waals surface area contributed by atoms with Gasteiger partial charge in [-0.1, -0.05) is 12.1 Å². The lowest BCUT2D eigenvalue weighted by atomic mass is 10.4. The second kappa shape index (κ2) is 5.02. The van der Waals surface area contributed by atoms with Crippen LogP contribution < -0.4 is 5.32 Å². The molecule has 0 aliphatic rings. The highest BCUT2D eigenvalue weighted by Crippen LogP contribution is 2.13. The molecule has 0 saturated carbocycles. The molecular formula is C9H10BrN5O. The molecule has 0 atom stereocenters. The fraction of sp³-hybridized carbons (Fsp3) is 0.333.